The fraction of sp³-hybridized carbons (Fsp3) is 0.518. The fourth-order valence-electron chi connectivity index (χ4n) is 11.0. The number of halogens is 2. The highest BCUT2D eigenvalue weighted by Gasteiger charge is 2.36. The van der Waals surface area contributed by atoms with Crippen LogP contribution < -0.4 is 20.9 Å². The molecule has 4 saturated heterocycles. The Kier molecular flexibility index (Phi) is 19.8. The minimum Gasteiger partial charge on any atom is -0.339 e. The van der Waals surface area contributed by atoms with Crippen molar-refractivity contribution in [2.45, 2.75) is 111 Å². The van der Waals surface area contributed by atoms with E-state index >= 15 is 0 Å². The second-order valence-electron chi connectivity index (χ2n) is 19.0. The zero-order valence-corrected chi connectivity index (χ0v) is 45.8. The highest BCUT2D eigenvalue weighted by atomic mass is 35.5. The molecular weight excluding hydrogens is 960 g/mol. The maximum absolute atomic E-state index is 12.9. The summed E-state index contributed by atoms with van der Waals surface area (Å²) in [4.78, 5) is 71.1. The normalized spacial score (nSPS) is 19.4. The Labute approximate surface area is 441 Å². The Bertz CT molecular complexity index is 2850. The van der Waals surface area contributed by atoms with Crippen molar-refractivity contribution in [1.29, 1.82) is 0 Å². The number of rotatable bonds is 9. The molecule has 0 N–H and O–H groups in total. The third-order valence-electron chi connectivity index (χ3n) is 14.9. The number of benzene rings is 2. The number of anilines is 2. The van der Waals surface area contributed by atoms with Gasteiger partial charge in [0.1, 0.15) is 0 Å². The van der Waals surface area contributed by atoms with Crippen LogP contribution in [0.1, 0.15) is 96.0 Å². The van der Waals surface area contributed by atoms with Gasteiger partial charge >= 0.3 is 0 Å². The van der Waals surface area contributed by atoms with Crippen LogP contribution in [0.4, 0.5) is 11.9 Å². The monoisotopic (exact) mass is 1030 g/mol. The molecule has 17 heteroatoms. The molecule has 10 rings (SSSR count). The van der Waals surface area contributed by atoms with E-state index in [1.165, 1.54) is 18.4 Å². The molecule has 0 saturated carbocycles. The predicted octanol–water partition coefficient (Wildman–Crippen LogP) is 8.79. The smallest absolute Gasteiger partial charge is 0.264 e. The van der Waals surface area contributed by atoms with Crippen molar-refractivity contribution in [2.75, 3.05) is 75.2 Å². The lowest BCUT2D eigenvalue weighted by Gasteiger charge is -2.47. The molecule has 2 unspecified atom stereocenters. The third-order valence-corrected chi connectivity index (χ3v) is 15.4. The van der Waals surface area contributed by atoms with Crippen molar-refractivity contribution < 1.29 is 4.79 Å². The molecule has 15 nitrogen and oxygen atoms in total. The van der Waals surface area contributed by atoms with Crippen LogP contribution in [0, 0.1) is 0 Å². The molecule has 0 aliphatic carbocycles. The Morgan fingerprint density at radius 3 is 1.44 bits per heavy atom. The standard InChI is InChI=1S/C26H31ClN6O2.C26H33ClN6O.2C2H6/c1-3-20-17-32(26-29-23-22(5-4-12-28-23)25(35)30(26)2)15-16-33(20)21-10-13-31(14-11-21)24(34)18-6-8-19(27)9-7-18;1-3-21-18-32(26-29-24-23(5-4-12-28-24)25(34)30(26)2)15-16-33(21)22-10-13-31(14-11-22)17-19-6-8-20(27)9-7-19;2*1-2/h4-9,12,20-21H,3,10-11,13-17H2,1-2H3;4-9,12,21-22H,3,10-11,13-18H2,1-2H3;2*1-2H3. The van der Waals surface area contributed by atoms with Crippen LogP contribution in [0.15, 0.2) is 94.8 Å². The molecule has 392 valence electrons. The van der Waals surface area contributed by atoms with E-state index in [2.05, 4.69) is 60.4 Å². The molecule has 4 aromatic heterocycles. The summed E-state index contributed by atoms with van der Waals surface area (Å²) >= 11 is 12.0. The van der Waals surface area contributed by atoms with E-state index in [1.807, 2.05) is 51.8 Å². The van der Waals surface area contributed by atoms with Gasteiger partial charge in [-0.2, -0.15) is 9.97 Å². The number of carbonyl (C=O) groups is 1. The summed E-state index contributed by atoms with van der Waals surface area (Å²) in [5.74, 6) is 1.49. The fourth-order valence-corrected chi connectivity index (χ4v) is 11.2. The van der Waals surface area contributed by atoms with E-state index in [0.717, 1.165) is 109 Å². The van der Waals surface area contributed by atoms with E-state index < -0.39 is 0 Å². The van der Waals surface area contributed by atoms with Crippen LogP contribution in [0.25, 0.3) is 22.1 Å². The average molecular weight is 1040 g/mol. The van der Waals surface area contributed by atoms with Gasteiger partial charge in [0, 0.05) is 125 Å². The second kappa shape index (κ2) is 26.2. The molecular formula is C56H76Cl2N12O3. The molecule has 0 spiro atoms. The van der Waals surface area contributed by atoms with E-state index in [1.54, 1.807) is 77.1 Å². The van der Waals surface area contributed by atoms with Crippen LogP contribution in [0.2, 0.25) is 10.0 Å². The lowest BCUT2D eigenvalue weighted by Crippen LogP contribution is -2.59. The molecule has 73 heavy (non-hydrogen) atoms. The van der Waals surface area contributed by atoms with Crippen molar-refractivity contribution in [3.05, 3.63) is 127 Å². The van der Waals surface area contributed by atoms with Gasteiger partial charge in [-0.25, -0.2) is 9.97 Å². The van der Waals surface area contributed by atoms with E-state index in [9.17, 15) is 14.4 Å². The number of piperidine rings is 2. The number of fused-ring (bicyclic) bond motifs is 2. The van der Waals surface area contributed by atoms with Gasteiger partial charge in [0.2, 0.25) is 11.9 Å². The molecule has 4 aliphatic heterocycles. The van der Waals surface area contributed by atoms with Crippen molar-refractivity contribution >= 4 is 63.1 Å². The van der Waals surface area contributed by atoms with Gasteiger partial charge < -0.3 is 14.7 Å². The minimum absolute atomic E-state index is 0.0309. The molecule has 4 fully saturated rings. The first-order chi connectivity index (χ1) is 35.5. The minimum atomic E-state index is -0.0636. The summed E-state index contributed by atoms with van der Waals surface area (Å²) in [5.41, 5.74) is 2.95. The highest BCUT2D eigenvalue weighted by Crippen LogP contribution is 2.29. The molecule has 2 aromatic carbocycles. The van der Waals surface area contributed by atoms with E-state index in [0.29, 0.717) is 62.8 Å². The Morgan fingerprint density at radius 2 is 1.00 bits per heavy atom. The zero-order valence-electron chi connectivity index (χ0n) is 44.3. The summed E-state index contributed by atoms with van der Waals surface area (Å²) in [5, 5.41) is 2.55. The molecule has 6 aromatic rings. The summed E-state index contributed by atoms with van der Waals surface area (Å²) < 4.78 is 3.33. The first kappa shape index (κ1) is 55.3. The van der Waals surface area contributed by atoms with Crippen LogP contribution >= 0.6 is 23.2 Å². The van der Waals surface area contributed by atoms with Crippen molar-refractivity contribution in [3.63, 3.8) is 0 Å². The predicted molar refractivity (Wildman–Crippen MR) is 298 cm³/mol. The molecule has 8 heterocycles. The maximum Gasteiger partial charge on any atom is 0.264 e. The van der Waals surface area contributed by atoms with Gasteiger partial charge in [0.15, 0.2) is 11.3 Å². The zero-order chi connectivity index (χ0) is 52.2. The molecule has 0 radical (unpaired) electrons. The number of hydrogen-bond acceptors (Lipinski definition) is 12. The third kappa shape index (κ3) is 12.9. The maximum atomic E-state index is 12.9. The van der Waals surface area contributed by atoms with E-state index in [-0.39, 0.29) is 17.0 Å². The summed E-state index contributed by atoms with van der Waals surface area (Å²) in [6.45, 7) is 22.5. The van der Waals surface area contributed by atoms with E-state index in [4.69, 9.17) is 33.2 Å². The Morgan fingerprint density at radius 1 is 0.575 bits per heavy atom. The second-order valence-corrected chi connectivity index (χ2v) is 19.8. The molecule has 0 bridgehead atoms. The summed E-state index contributed by atoms with van der Waals surface area (Å²) in [6, 6.07) is 24.4. The summed E-state index contributed by atoms with van der Waals surface area (Å²) in [7, 11) is 3.61. The quantitative estimate of drug-likeness (QED) is 0.137. The van der Waals surface area contributed by atoms with Gasteiger partial charge in [-0.1, -0.05) is 76.9 Å². The first-order valence-corrected chi connectivity index (χ1v) is 27.4. The van der Waals surface area contributed by atoms with Crippen molar-refractivity contribution in [3.8, 4) is 0 Å². The largest absolute Gasteiger partial charge is 0.339 e. The SMILES string of the molecule is CC.CC.CCC1CN(c2nc3ncccc3c(=O)n2C)CCN1C1CCN(C(=O)c2ccc(Cl)cc2)CC1.CCC1CN(c2nc3ncccc3c(=O)n2C)CCN1C1CCN(Cc2ccc(Cl)cc2)CC1. The number of aromatic nitrogens is 6. The number of carbonyl (C=O) groups excluding carboxylic acids is 1. The van der Waals surface area contributed by atoms with Gasteiger partial charge in [-0.05, 0) is 118 Å². The van der Waals surface area contributed by atoms with Gasteiger partial charge in [-0.15, -0.1) is 0 Å². The first-order valence-electron chi connectivity index (χ1n) is 26.7. The number of likely N-dealkylation sites (tertiary alicyclic amines) is 2. The van der Waals surface area contributed by atoms with Gasteiger partial charge in [0.05, 0.1) is 10.8 Å². The number of piperazine rings is 2. The number of hydrogen-bond donors (Lipinski definition) is 0. The van der Waals surface area contributed by atoms with Crippen LogP contribution in [-0.4, -0.2) is 144 Å². The average Bonchev–Trinajstić information content (AvgIpc) is 3.44. The Balaban J connectivity index is 0.000000200. The highest BCUT2D eigenvalue weighted by molar-refractivity contribution is 6.30. The van der Waals surface area contributed by atoms with Crippen LogP contribution in [-0.2, 0) is 20.6 Å². The van der Waals surface area contributed by atoms with Crippen LogP contribution in [0.3, 0.4) is 0 Å². The van der Waals surface area contributed by atoms with Crippen molar-refractivity contribution in [2.24, 2.45) is 14.1 Å². The van der Waals surface area contributed by atoms with Crippen molar-refractivity contribution in [1.82, 2.24) is 48.7 Å². The lowest BCUT2D eigenvalue weighted by molar-refractivity contribution is 0.0489. The number of amides is 1. The number of pyridine rings is 2. The van der Waals surface area contributed by atoms with Crippen LogP contribution in [0.5, 0.6) is 0 Å². The summed E-state index contributed by atoms with van der Waals surface area (Å²) in [6.07, 6.45) is 9.79. The lowest BCUT2D eigenvalue weighted by atomic mass is 9.97. The van der Waals surface area contributed by atoms with Gasteiger partial charge in [0.25, 0.3) is 17.0 Å². The number of nitrogens with zero attached hydrogens (tertiary/aromatic N) is 12. The topological polar surface area (TPSA) is 132 Å². The molecule has 4 aliphatic rings. The molecule has 2 atom stereocenters. The molecule has 1 amide bonds. The Hall–Kier alpha value is -5.45. The van der Waals surface area contributed by atoms with Gasteiger partial charge in [-0.3, -0.25) is 38.2 Å².